The van der Waals surface area contributed by atoms with Crippen molar-refractivity contribution in [2.24, 2.45) is 0 Å². The van der Waals surface area contributed by atoms with E-state index in [-0.39, 0.29) is 22.5 Å². The van der Waals surface area contributed by atoms with Crippen LogP contribution in [0, 0.1) is 5.82 Å². The number of rotatable bonds is 3. The third-order valence-electron chi connectivity index (χ3n) is 3.00. The Hall–Kier alpha value is -0.940. The van der Waals surface area contributed by atoms with Crippen molar-refractivity contribution < 1.29 is 12.8 Å². The van der Waals surface area contributed by atoms with Crippen LogP contribution in [0.3, 0.4) is 0 Å². The topological polar surface area (TPSA) is 46.2 Å². The lowest BCUT2D eigenvalue weighted by Gasteiger charge is -2.26. The van der Waals surface area contributed by atoms with Gasteiger partial charge in [-0.05, 0) is 43.1 Å². The largest absolute Gasteiger partial charge is 0.310 e. The Labute approximate surface area is 101 Å². The van der Waals surface area contributed by atoms with Gasteiger partial charge in [0.2, 0.25) is 0 Å². The molecule has 0 aromatic heterocycles. The second-order valence-corrected chi connectivity index (χ2v) is 6.37. The van der Waals surface area contributed by atoms with Crippen LogP contribution in [0.25, 0.3) is 0 Å². The summed E-state index contributed by atoms with van der Waals surface area (Å²) in [6.07, 6.45) is 1.48. The van der Waals surface area contributed by atoms with Crippen molar-refractivity contribution in [3.05, 3.63) is 29.6 Å². The minimum absolute atomic E-state index is 0.0517. The molecule has 0 fully saturated rings. The zero-order chi connectivity index (χ0) is 12.5. The minimum atomic E-state index is -3.22. The van der Waals surface area contributed by atoms with Gasteiger partial charge in [-0.2, -0.15) is 0 Å². The lowest BCUT2D eigenvalue weighted by atomic mass is 10.0. The third-order valence-corrected chi connectivity index (χ3v) is 4.81. The average molecular weight is 257 g/mol. The Balaban J connectivity index is 2.42. The average Bonchev–Trinajstić information content (AvgIpc) is 2.28. The Bertz CT molecular complexity index is 513. The molecule has 0 saturated carbocycles. The van der Waals surface area contributed by atoms with Crippen LogP contribution in [0.15, 0.2) is 23.1 Å². The van der Waals surface area contributed by atoms with Crippen molar-refractivity contribution in [1.29, 1.82) is 0 Å². The molecule has 1 heterocycles. The molecular weight excluding hydrogens is 241 g/mol. The lowest BCUT2D eigenvalue weighted by Crippen LogP contribution is -2.30. The number of benzene rings is 1. The maximum Gasteiger partial charge on any atom is 0.178 e. The van der Waals surface area contributed by atoms with Crippen molar-refractivity contribution in [3.63, 3.8) is 0 Å². The van der Waals surface area contributed by atoms with Crippen LogP contribution < -0.4 is 5.32 Å². The molecule has 0 amide bonds. The first-order chi connectivity index (χ1) is 8.04. The van der Waals surface area contributed by atoms with E-state index in [2.05, 4.69) is 5.32 Å². The summed E-state index contributed by atoms with van der Waals surface area (Å²) in [6.45, 7) is 2.85. The highest BCUT2D eigenvalue weighted by atomic mass is 32.2. The fraction of sp³-hybridized carbons (Fsp3) is 0.500. The number of halogens is 1. The van der Waals surface area contributed by atoms with E-state index in [0.717, 1.165) is 13.0 Å². The van der Waals surface area contributed by atoms with Gasteiger partial charge in [0.05, 0.1) is 10.6 Å². The van der Waals surface area contributed by atoms with Crippen LogP contribution in [0.2, 0.25) is 0 Å². The van der Waals surface area contributed by atoms with E-state index in [9.17, 15) is 12.8 Å². The van der Waals surface area contributed by atoms with Gasteiger partial charge in [-0.3, -0.25) is 0 Å². The SMILES string of the molecule is CCCNC1CCS(=O)(=O)c2ccc(F)cc21. The first-order valence-corrected chi connectivity index (χ1v) is 7.45. The van der Waals surface area contributed by atoms with Crippen molar-refractivity contribution in [1.82, 2.24) is 5.32 Å². The van der Waals surface area contributed by atoms with E-state index in [0.29, 0.717) is 12.0 Å². The van der Waals surface area contributed by atoms with Crippen LogP contribution in [0.4, 0.5) is 4.39 Å². The van der Waals surface area contributed by atoms with Crippen LogP contribution in [0.5, 0.6) is 0 Å². The first-order valence-electron chi connectivity index (χ1n) is 5.80. The standard InChI is InChI=1S/C12H16FNO2S/c1-2-6-14-11-5-7-17(15,16)12-4-3-9(13)8-10(11)12/h3-4,8,11,14H,2,5-7H2,1H3. The van der Waals surface area contributed by atoms with Crippen molar-refractivity contribution in [3.8, 4) is 0 Å². The molecule has 94 valence electrons. The Morgan fingerprint density at radius 3 is 2.94 bits per heavy atom. The molecule has 1 aromatic carbocycles. The molecule has 0 aliphatic carbocycles. The number of hydrogen-bond donors (Lipinski definition) is 1. The summed E-state index contributed by atoms with van der Waals surface area (Å²) in [5, 5.41) is 3.26. The van der Waals surface area contributed by atoms with Gasteiger partial charge in [0, 0.05) is 6.04 Å². The van der Waals surface area contributed by atoms with E-state index >= 15 is 0 Å². The first kappa shape index (κ1) is 12.5. The fourth-order valence-electron chi connectivity index (χ4n) is 2.14. The summed E-state index contributed by atoms with van der Waals surface area (Å²) in [6, 6.07) is 3.86. The van der Waals surface area contributed by atoms with Crippen LogP contribution in [-0.4, -0.2) is 20.7 Å². The lowest BCUT2D eigenvalue weighted by molar-refractivity contribution is 0.487. The van der Waals surface area contributed by atoms with Crippen molar-refractivity contribution >= 4 is 9.84 Å². The van der Waals surface area contributed by atoms with E-state index in [1.54, 1.807) is 0 Å². The molecule has 1 atom stereocenters. The molecule has 0 radical (unpaired) electrons. The number of fused-ring (bicyclic) bond motifs is 1. The van der Waals surface area contributed by atoms with Gasteiger partial charge in [0.15, 0.2) is 9.84 Å². The van der Waals surface area contributed by atoms with Crippen molar-refractivity contribution in [2.45, 2.75) is 30.7 Å². The highest BCUT2D eigenvalue weighted by molar-refractivity contribution is 7.91. The minimum Gasteiger partial charge on any atom is -0.310 e. The number of nitrogens with one attached hydrogen (secondary N) is 1. The van der Waals surface area contributed by atoms with Gasteiger partial charge < -0.3 is 5.32 Å². The molecule has 3 nitrogen and oxygen atoms in total. The molecule has 1 N–H and O–H groups in total. The third kappa shape index (κ3) is 2.50. The molecule has 0 saturated heterocycles. The summed E-state index contributed by atoms with van der Waals surface area (Å²) in [7, 11) is -3.22. The Kier molecular flexibility index (Phi) is 3.49. The smallest absolute Gasteiger partial charge is 0.178 e. The van der Waals surface area contributed by atoms with Gasteiger partial charge in [0.25, 0.3) is 0 Å². The van der Waals surface area contributed by atoms with E-state index in [1.807, 2.05) is 6.92 Å². The summed E-state index contributed by atoms with van der Waals surface area (Å²) < 4.78 is 36.9. The van der Waals surface area contributed by atoms with Crippen molar-refractivity contribution in [2.75, 3.05) is 12.3 Å². The normalized spacial score (nSPS) is 22.1. The Morgan fingerprint density at radius 2 is 2.24 bits per heavy atom. The monoisotopic (exact) mass is 257 g/mol. The summed E-state index contributed by atoms with van der Waals surface area (Å²) >= 11 is 0. The molecule has 1 aliphatic heterocycles. The molecule has 1 unspecified atom stereocenters. The second-order valence-electron chi connectivity index (χ2n) is 4.30. The molecule has 5 heteroatoms. The molecule has 1 aliphatic rings. The fourth-order valence-corrected chi connectivity index (χ4v) is 3.75. The predicted octanol–water partition coefficient (Wildman–Crippen LogP) is 2.04. The van der Waals surface area contributed by atoms with Gasteiger partial charge in [-0.25, -0.2) is 12.8 Å². The number of hydrogen-bond acceptors (Lipinski definition) is 3. The molecule has 17 heavy (non-hydrogen) atoms. The molecular formula is C12H16FNO2S. The van der Waals surface area contributed by atoms with Gasteiger partial charge >= 0.3 is 0 Å². The molecule has 0 bridgehead atoms. The highest BCUT2D eigenvalue weighted by Crippen LogP contribution is 2.32. The second kappa shape index (κ2) is 4.74. The Morgan fingerprint density at radius 1 is 1.47 bits per heavy atom. The van der Waals surface area contributed by atoms with Crippen LogP contribution in [-0.2, 0) is 9.84 Å². The zero-order valence-corrected chi connectivity index (χ0v) is 10.6. The number of sulfone groups is 1. The summed E-state index contributed by atoms with van der Waals surface area (Å²) in [5.74, 6) is -0.253. The van der Waals surface area contributed by atoms with E-state index in [1.165, 1.54) is 18.2 Å². The molecule has 1 aromatic rings. The van der Waals surface area contributed by atoms with Gasteiger partial charge in [-0.15, -0.1) is 0 Å². The van der Waals surface area contributed by atoms with E-state index < -0.39 is 9.84 Å². The quantitative estimate of drug-likeness (QED) is 0.843. The maximum atomic E-state index is 13.2. The van der Waals surface area contributed by atoms with Crippen LogP contribution in [0.1, 0.15) is 31.4 Å². The van der Waals surface area contributed by atoms with Gasteiger partial charge in [0.1, 0.15) is 5.82 Å². The zero-order valence-electron chi connectivity index (χ0n) is 9.74. The molecule has 0 spiro atoms. The van der Waals surface area contributed by atoms with Crippen LogP contribution >= 0.6 is 0 Å². The maximum absolute atomic E-state index is 13.2. The highest BCUT2D eigenvalue weighted by Gasteiger charge is 2.30. The van der Waals surface area contributed by atoms with Gasteiger partial charge in [-0.1, -0.05) is 6.92 Å². The summed E-state index contributed by atoms with van der Waals surface area (Å²) in [5.41, 5.74) is 0.574. The van der Waals surface area contributed by atoms with E-state index in [4.69, 9.17) is 0 Å². The summed E-state index contributed by atoms with van der Waals surface area (Å²) in [4.78, 5) is 0.277. The molecule has 2 rings (SSSR count). The predicted molar refractivity (Wildman–Crippen MR) is 64.1 cm³/mol.